The number of fused-ring (bicyclic) bond motifs is 1. The number of aromatic nitrogens is 2. The van der Waals surface area contributed by atoms with Crippen molar-refractivity contribution in [3.05, 3.63) is 47.1 Å². The molecule has 2 heterocycles. The van der Waals surface area contributed by atoms with Crippen LogP contribution in [-0.2, 0) is 0 Å². The van der Waals surface area contributed by atoms with Gasteiger partial charge in [-0.05, 0) is 44.2 Å². The lowest BCUT2D eigenvalue weighted by Crippen LogP contribution is -2.15. The number of nitrogens with one attached hydrogen (secondary N) is 1. The summed E-state index contributed by atoms with van der Waals surface area (Å²) in [5.41, 5.74) is 7.85. The molecule has 0 saturated carbocycles. The molecule has 0 radical (unpaired) electrons. The van der Waals surface area contributed by atoms with Gasteiger partial charge in [-0.3, -0.25) is 4.99 Å². The molecule has 0 saturated heterocycles. The molecule has 0 aliphatic carbocycles. The lowest BCUT2D eigenvalue weighted by molar-refractivity contribution is 0.834. The van der Waals surface area contributed by atoms with Crippen molar-refractivity contribution in [2.45, 2.75) is 19.9 Å². The first-order valence-electron chi connectivity index (χ1n) is 7.14. The Morgan fingerprint density at radius 2 is 2.00 bits per heavy atom. The van der Waals surface area contributed by atoms with Crippen molar-refractivity contribution >= 4 is 74.8 Å². The molecular formula is C16H18Cl3N5S. The van der Waals surface area contributed by atoms with Crippen LogP contribution < -0.4 is 11.1 Å². The van der Waals surface area contributed by atoms with Gasteiger partial charge in [0.2, 0.25) is 0 Å². The number of amidine groups is 1. The molecule has 0 amide bonds. The van der Waals surface area contributed by atoms with Gasteiger partial charge in [0.05, 0.1) is 15.2 Å². The Labute approximate surface area is 167 Å². The monoisotopic (exact) mass is 417 g/mol. The summed E-state index contributed by atoms with van der Waals surface area (Å²) >= 11 is 7.38. The third-order valence-electron chi connectivity index (χ3n) is 3.04. The van der Waals surface area contributed by atoms with E-state index in [2.05, 4.69) is 20.3 Å². The standard InChI is InChI=1S/C16H16ClN5S.2ClH/c1-9(2)20-15(18)10-3-5-12-13(7-10)23-16(21-12)22-14-6-4-11(17)8-19-14;;/h3-9H,1-2H3,(H2,18,20)(H,19,21,22);2*1H. The first-order valence-corrected chi connectivity index (χ1v) is 8.33. The van der Waals surface area contributed by atoms with Crippen molar-refractivity contribution in [3.8, 4) is 0 Å². The van der Waals surface area contributed by atoms with Gasteiger partial charge < -0.3 is 11.1 Å². The van der Waals surface area contributed by atoms with Crippen molar-refractivity contribution in [3.63, 3.8) is 0 Å². The molecule has 0 spiro atoms. The Hall–Kier alpha value is -1.60. The van der Waals surface area contributed by atoms with Crippen LogP contribution in [0.2, 0.25) is 5.02 Å². The molecule has 0 unspecified atom stereocenters. The Bertz CT molecular complexity index is 862. The van der Waals surface area contributed by atoms with Crippen molar-refractivity contribution in [1.29, 1.82) is 0 Å². The minimum absolute atomic E-state index is 0. The minimum Gasteiger partial charge on any atom is -0.383 e. The van der Waals surface area contributed by atoms with Crippen molar-refractivity contribution < 1.29 is 0 Å². The lowest BCUT2D eigenvalue weighted by Gasteiger charge is -2.02. The second kappa shape index (κ2) is 9.20. The first-order chi connectivity index (χ1) is 11.0. The molecule has 0 aliphatic heterocycles. The Morgan fingerprint density at radius 1 is 1.24 bits per heavy atom. The van der Waals surface area contributed by atoms with E-state index in [4.69, 9.17) is 17.3 Å². The highest BCUT2D eigenvalue weighted by atomic mass is 35.5. The second-order valence-corrected chi connectivity index (χ2v) is 6.76. The molecule has 0 bridgehead atoms. The molecule has 5 nitrogen and oxygen atoms in total. The minimum atomic E-state index is 0. The summed E-state index contributed by atoms with van der Waals surface area (Å²) in [6, 6.07) is 9.66. The number of nitrogens with two attached hydrogens (primary N) is 1. The van der Waals surface area contributed by atoms with E-state index in [9.17, 15) is 0 Å². The van der Waals surface area contributed by atoms with Gasteiger partial charge in [-0.2, -0.15) is 0 Å². The fourth-order valence-electron chi connectivity index (χ4n) is 2.05. The summed E-state index contributed by atoms with van der Waals surface area (Å²) in [5.74, 6) is 1.25. The van der Waals surface area contributed by atoms with E-state index in [1.54, 1.807) is 23.6 Å². The summed E-state index contributed by atoms with van der Waals surface area (Å²) in [4.78, 5) is 13.1. The molecule has 9 heteroatoms. The van der Waals surface area contributed by atoms with Crippen molar-refractivity contribution in [1.82, 2.24) is 9.97 Å². The fourth-order valence-corrected chi connectivity index (χ4v) is 3.07. The SMILES string of the molecule is CC(C)N=C(N)c1ccc2nc(Nc3ccc(Cl)cn3)sc2c1.Cl.Cl. The van der Waals surface area contributed by atoms with Gasteiger partial charge in [0.1, 0.15) is 11.7 Å². The number of nitrogens with zero attached hydrogens (tertiary/aromatic N) is 3. The van der Waals surface area contributed by atoms with E-state index in [-0.39, 0.29) is 30.9 Å². The van der Waals surface area contributed by atoms with E-state index in [0.29, 0.717) is 16.7 Å². The molecule has 3 aromatic rings. The number of hydrogen-bond donors (Lipinski definition) is 2. The number of thiazole rings is 1. The van der Waals surface area contributed by atoms with E-state index in [1.165, 1.54) is 0 Å². The molecule has 134 valence electrons. The molecule has 0 aliphatic rings. The summed E-state index contributed by atoms with van der Waals surface area (Å²) in [6.45, 7) is 4.00. The smallest absolute Gasteiger partial charge is 0.189 e. The molecule has 0 fully saturated rings. The molecule has 2 aromatic heterocycles. The van der Waals surface area contributed by atoms with E-state index < -0.39 is 0 Å². The number of anilines is 2. The fraction of sp³-hybridized carbons (Fsp3) is 0.188. The van der Waals surface area contributed by atoms with Crippen LogP contribution >= 0.6 is 47.8 Å². The normalized spacial score (nSPS) is 11.1. The topological polar surface area (TPSA) is 76.2 Å². The van der Waals surface area contributed by atoms with E-state index >= 15 is 0 Å². The van der Waals surface area contributed by atoms with Gasteiger partial charge in [0.15, 0.2) is 5.13 Å². The van der Waals surface area contributed by atoms with Crippen molar-refractivity contribution in [2.75, 3.05) is 5.32 Å². The number of hydrogen-bond acceptors (Lipinski definition) is 5. The van der Waals surface area contributed by atoms with Crippen LogP contribution in [0.3, 0.4) is 0 Å². The molecule has 3 rings (SSSR count). The van der Waals surface area contributed by atoms with Crippen LogP contribution in [0.25, 0.3) is 10.2 Å². The molecule has 3 N–H and O–H groups in total. The first kappa shape index (κ1) is 21.4. The summed E-state index contributed by atoms with van der Waals surface area (Å²) in [7, 11) is 0. The Morgan fingerprint density at radius 3 is 2.64 bits per heavy atom. The maximum absolute atomic E-state index is 6.03. The molecular weight excluding hydrogens is 401 g/mol. The highest BCUT2D eigenvalue weighted by Crippen LogP contribution is 2.28. The zero-order chi connectivity index (χ0) is 16.4. The Balaban J connectivity index is 0.00000156. The lowest BCUT2D eigenvalue weighted by atomic mass is 10.2. The van der Waals surface area contributed by atoms with Crippen LogP contribution in [-0.4, -0.2) is 21.8 Å². The maximum atomic E-state index is 6.03. The number of aliphatic imine (C=N–C) groups is 1. The van der Waals surface area contributed by atoms with Crippen LogP contribution in [0, 0.1) is 0 Å². The molecule has 0 atom stereocenters. The largest absolute Gasteiger partial charge is 0.383 e. The quantitative estimate of drug-likeness (QED) is 0.459. The number of rotatable bonds is 4. The van der Waals surface area contributed by atoms with Gasteiger partial charge in [0.25, 0.3) is 0 Å². The van der Waals surface area contributed by atoms with Gasteiger partial charge in [-0.1, -0.05) is 22.9 Å². The third-order valence-corrected chi connectivity index (χ3v) is 4.20. The van der Waals surface area contributed by atoms with Gasteiger partial charge in [-0.15, -0.1) is 24.8 Å². The summed E-state index contributed by atoms with van der Waals surface area (Å²) in [6.07, 6.45) is 1.60. The van der Waals surface area contributed by atoms with E-state index in [1.807, 2.05) is 38.1 Å². The zero-order valence-electron chi connectivity index (χ0n) is 13.6. The average Bonchev–Trinajstić information content (AvgIpc) is 2.90. The van der Waals surface area contributed by atoms with Gasteiger partial charge >= 0.3 is 0 Å². The third kappa shape index (κ3) is 5.44. The van der Waals surface area contributed by atoms with E-state index in [0.717, 1.165) is 20.9 Å². The summed E-state index contributed by atoms with van der Waals surface area (Å²) < 4.78 is 1.04. The summed E-state index contributed by atoms with van der Waals surface area (Å²) in [5, 5.41) is 4.55. The number of benzene rings is 1. The van der Waals surface area contributed by atoms with Crippen LogP contribution in [0.4, 0.5) is 10.9 Å². The average molecular weight is 419 g/mol. The number of pyridine rings is 1. The Kier molecular flexibility index (Phi) is 7.89. The molecule has 1 aromatic carbocycles. The number of halogens is 3. The van der Waals surface area contributed by atoms with Gasteiger partial charge in [-0.25, -0.2) is 9.97 Å². The van der Waals surface area contributed by atoms with Crippen molar-refractivity contribution in [2.24, 2.45) is 10.7 Å². The zero-order valence-corrected chi connectivity index (χ0v) is 16.8. The second-order valence-electron chi connectivity index (χ2n) is 5.30. The highest BCUT2D eigenvalue weighted by Gasteiger charge is 2.07. The predicted molar refractivity (Wildman–Crippen MR) is 113 cm³/mol. The van der Waals surface area contributed by atoms with Crippen LogP contribution in [0.5, 0.6) is 0 Å². The van der Waals surface area contributed by atoms with Gasteiger partial charge in [0, 0.05) is 17.8 Å². The van der Waals surface area contributed by atoms with Crippen LogP contribution in [0.15, 0.2) is 41.5 Å². The van der Waals surface area contributed by atoms with Crippen LogP contribution in [0.1, 0.15) is 19.4 Å². The highest BCUT2D eigenvalue weighted by molar-refractivity contribution is 7.22. The molecule has 25 heavy (non-hydrogen) atoms. The predicted octanol–water partition coefficient (Wildman–Crippen LogP) is 5.05. The maximum Gasteiger partial charge on any atom is 0.189 e.